The maximum absolute atomic E-state index is 12.6. The molecule has 0 aliphatic carbocycles. The number of amides is 1. The van der Waals surface area contributed by atoms with Crippen LogP contribution < -0.4 is 15.0 Å². The molecule has 1 aromatic heterocycles. The third-order valence-electron chi connectivity index (χ3n) is 6.24. The van der Waals surface area contributed by atoms with E-state index in [1.54, 1.807) is 18.3 Å². The first-order valence-corrected chi connectivity index (χ1v) is 11.5. The Balaban J connectivity index is 1.11. The monoisotopic (exact) mass is 452 g/mol. The summed E-state index contributed by atoms with van der Waals surface area (Å²) in [6.45, 7) is 2.83. The molecule has 1 aliphatic heterocycles. The van der Waals surface area contributed by atoms with E-state index in [2.05, 4.69) is 63.7 Å². The molecule has 34 heavy (non-hydrogen) atoms. The number of aromatic nitrogens is 2. The maximum Gasteiger partial charge on any atom is 0.251 e. The van der Waals surface area contributed by atoms with E-state index in [1.165, 1.54) is 16.8 Å². The number of anilines is 1. The van der Waals surface area contributed by atoms with Gasteiger partial charge in [-0.15, -0.1) is 0 Å². The molecule has 5 rings (SSSR count). The van der Waals surface area contributed by atoms with E-state index in [1.807, 2.05) is 29.9 Å². The van der Waals surface area contributed by atoms with Crippen LogP contribution in [0, 0.1) is 0 Å². The van der Waals surface area contributed by atoms with Crippen molar-refractivity contribution in [2.24, 2.45) is 7.05 Å². The summed E-state index contributed by atoms with van der Waals surface area (Å²) in [5.74, 6) is 1.45. The van der Waals surface area contributed by atoms with Crippen LogP contribution >= 0.6 is 0 Å². The smallest absolute Gasteiger partial charge is 0.251 e. The summed E-state index contributed by atoms with van der Waals surface area (Å²) < 4.78 is 7.67. The fraction of sp³-hybridized carbons (Fsp3) is 0.214. The zero-order valence-corrected chi connectivity index (χ0v) is 19.3. The van der Waals surface area contributed by atoms with Gasteiger partial charge in [0.2, 0.25) is 0 Å². The molecule has 1 amide bonds. The zero-order chi connectivity index (χ0) is 23.3. The quantitative estimate of drug-likeness (QED) is 0.428. The first-order valence-electron chi connectivity index (χ1n) is 11.5. The normalized spacial score (nSPS) is 12.4. The largest absolute Gasteiger partial charge is 0.486 e. The van der Waals surface area contributed by atoms with Crippen LogP contribution in [0.15, 0.2) is 85.2 Å². The Bertz CT molecular complexity index is 1260. The molecule has 0 saturated heterocycles. The summed E-state index contributed by atoms with van der Waals surface area (Å²) in [7, 11) is 1.93. The van der Waals surface area contributed by atoms with Crippen LogP contribution in [0.3, 0.4) is 0 Å². The predicted molar refractivity (Wildman–Crippen MR) is 133 cm³/mol. The van der Waals surface area contributed by atoms with E-state index >= 15 is 0 Å². The maximum atomic E-state index is 12.6. The summed E-state index contributed by atoms with van der Waals surface area (Å²) >= 11 is 0. The van der Waals surface area contributed by atoms with Gasteiger partial charge < -0.3 is 19.5 Å². The Morgan fingerprint density at radius 3 is 2.53 bits per heavy atom. The van der Waals surface area contributed by atoms with Crippen molar-refractivity contribution < 1.29 is 9.53 Å². The third kappa shape index (κ3) is 4.96. The number of nitrogens with zero attached hydrogens (tertiary/aromatic N) is 3. The van der Waals surface area contributed by atoms with E-state index in [9.17, 15) is 4.79 Å². The topological polar surface area (TPSA) is 59.4 Å². The number of rotatable bonds is 8. The predicted octanol–water partition coefficient (Wildman–Crippen LogP) is 4.49. The Morgan fingerprint density at radius 2 is 1.76 bits per heavy atom. The second kappa shape index (κ2) is 9.83. The van der Waals surface area contributed by atoms with Crippen LogP contribution in [-0.4, -0.2) is 22.0 Å². The average Bonchev–Trinajstić information content (AvgIpc) is 3.48. The number of hydrogen-bond donors (Lipinski definition) is 1. The fourth-order valence-corrected chi connectivity index (χ4v) is 4.22. The van der Waals surface area contributed by atoms with Crippen LogP contribution in [-0.2, 0) is 33.2 Å². The number of nitrogens with one attached hydrogen (secondary N) is 1. The molecule has 0 saturated carbocycles. The Hall–Kier alpha value is -4.06. The minimum absolute atomic E-state index is 0.103. The van der Waals surface area contributed by atoms with Crippen LogP contribution in [0.1, 0.15) is 32.9 Å². The molecule has 0 atom stereocenters. The molecule has 4 aromatic rings. The van der Waals surface area contributed by atoms with Crippen molar-refractivity contribution in [2.45, 2.75) is 26.1 Å². The first kappa shape index (κ1) is 21.8. The minimum Gasteiger partial charge on any atom is -0.486 e. The molecule has 6 nitrogen and oxygen atoms in total. The number of ether oxygens (including phenoxy) is 1. The van der Waals surface area contributed by atoms with Gasteiger partial charge in [-0.05, 0) is 53.4 Å². The number of benzene rings is 3. The molecule has 0 radical (unpaired) electrons. The number of imidazole rings is 1. The lowest BCUT2D eigenvalue weighted by Crippen LogP contribution is -2.23. The van der Waals surface area contributed by atoms with Crippen LogP contribution in [0.4, 0.5) is 5.69 Å². The van der Waals surface area contributed by atoms with Crippen molar-refractivity contribution >= 4 is 11.6 Å². The highest BCUT2D eigenvalue weighted by Crippen LogP contribution is 2.28. The van der Waals surface area contributed by atoms with E-state index in [-0.39, 0.29) is 5.91 Å². The summed E-state index contributed by atoms with van der Waals surface area (Å²) in [6, 6.07) is 24.3. The Labute approximate surface area is 199 Å². The van der Waals surface area contributed by atoms with Crippen molar-refractivity contribution in [3.8, 4) is 5.75 Å². The summed E-state index contributed by atoms with van der Waals surface area (Å²) in [6.07, 6.45) is 4.73. The molecule has 0 bridgehead atoms. The SMILES string of the molecule is Cn1ccnc1COc1ccc(C(=O)NCc2ccc(CN3CCc4ccccc43)cc2)cc1. The summed E-state index contributed by atoms with van der Waals surface area (Å²) in [5, 5.41) is 3.00. The highest BCUT2D eigenvalue weighted by atomic mass is 16.5. The van der Waals surface area contributed by atoms with Gasteiger partial charge in [0.15, 0.2) is 0 Å². The average molecular weight is 453 g/mol. The van der Waals surface area contributed by atoms with Crippen LogP contribution in [0.25, 0.3) is 0 Å². The third-order valence-corrected chi connectivity index (χ3v) is 6.24. The van der Waals surface area contributed by atoms with Crippen LogP contribution in [0.2, 0.25) is 0 Å². The number of carbonyl (C=O) groups excluding carboxylic acids is 1. The lowest BCUT2D eigenvalue weighted by Gasteiger charge is -2.19. The van der Waals surface area contributed by atoms with Crippen molar-refractivity contribution in [3.63, 3.8) is 0 Å². The van der Waals surface area contributed by atoms with Gasteiger partial charge in [-0.25, -0.2) is 4.98 Å². The van der Waals surface area contributed by atoms with Crippen molar-refractivity contribution in [1.82, 2.24) is 14.9 Å². The minimum atomic E-state index is -0.103. The van der Waals surface area contributed by atoms with Gasteiger partial charge in [0.1, 0.15) is 18.2 Å². The second-order valence-electron chi connectivity index (χ2n) is 8.57. The zero-order valence-electron chi connectivity index (χ0n) is 19.3. The molecular formula is C28H28N4O2. The van der Waals surface area contributed by atoms with E-state index in [0.717, 1.165) is 30.9 Å². The highest BCUT2D eigenvalue weighted by Gasteiger charge is 2.18. The summed E-state index contributed by atoms with van der Waals surface area (Å²) in [4.78, 5) is 19.2. The van der Waals surface area contributed by atoms with Crippen LogP contribution in [0.5, 0.6) is 5.75 Å². The highest BCUT2D eigenvalue weighted by molar-refractivity contribution is 5.94. The van der Waals surface area contributed by atoms with Gasteiger partial charge in [-0.1, -0.05) is 42.5 Å². The lowest BCUT2D eigenvalue weighted by atomic mass is 10.1. The summed E-state index contributed by atoms with van der Waals surface area (Å²) in [5.41, 5.74) is 5.72. The van der Waals surface area contributed by atoms with Gasteiger partial charge in [0.25, 0.3) is 5.91 Å². The molecule has 1 N–H and O–H groups in total. The molecule has 2 heterocycles. The van der Waals surface area contributed by atoms with E-state index in [0.29, 0.717) is 24.5 Å². The number of carbonyl (C=O) groups is 1. The molecule has 172 valence electrons. The Kier molecular flexibility index (Phi) is 6.29. The first-order chi connectivity index (χ1) is 16.7. The molecular weight excluding hydrogens is 424 g/mol. The van der Waals surface area contributed by atoms with Gasteiger partial charge >= 0.3 is 0 Å². The number of aryl methyl sites for hydroxylation is 1. The standard InChI is InChI=1S/C28H28N4O2/c1-31-17-15-29-27(31)20-34-25-12-10-24(11-13-25)28(33)30-18-21-6-8-22(9-7-21)19-32-16-14-23-4-2-3-5-26(23)32/h2-13,15,17H,14,16,18-20H2,1H3,(H,30,33). The fourth-order valence-electron chi connectivity index (χ4n) is 4.22. The van der Waals surface area contributed by atoms with Gasteiger partial charge in [0, 0.05) is 50.3 Å². The van der Waals surface area contributed by atoms with E-state index in [4.69, 9.17) is 4.74 Å². The molecule has 3 aromatic carbocycles. The van der Waals surface area contributed by atoms with Gasteiger partial charge in [-0.2, -0.15) is 0 Å². The van der Waals surface area contributed by atoms with Crippen molar-refractivity contribution in [1.29, 1.82) is 0 Å². The molecule has 1 aliphatic rings. The molecule has 6 heteroatoms. The molecule has 0 fully saturated rings. The van der Waals surface area contributed by atoms with Gasteiger partial charge in [-0.3, -0.25) is 4.79 Å². The Morgan fingerprint density at radius 1 is 1.00 bits per heavy atom. The number of hydrogen-bond acceptors (Lipinski definition) is 4. The van der Waals surface area contributed by atoms with Crippen molar-refractivity contribution in [3.05, 3.63) is 113 Å². The van der Waals surface area contributed by atoms with Crippen molar-refractivity contribution in [2.75, 3.05) is 11.4 Å². The lowest BCUT2D eigenvalue weighted by molar-refractivity contribution is 0.0951. The second-order valence-corrected chi connectivity index (χ2v) is 8.57. The van der Waals surface area contributed by atoms with Gasteiger partial charge in [0.05, 0.1) is 0 Å². The molecule has 0 unspecified atom stereocenters. The number of para-hydroxylation sites is 1. The number of fused-ring (bicyclic) bond motifs is 1. The molecule has 0 spiro atoms. The van der Waals surface area contributed by atoms with E-state index < -0.39 is 0 Å².